The molecule has 1 unspecified atom stereocenters. The van der Waals surface area contributed by atoms with Crippen molar-refractivity contribution >= 4 is 5.69 Å². The van der Waals surface area contributed by atoms with Crippen LogP contribution >= 0.6 is 0 Å². The van der Waals surface area contributed by atoms with E-state index < -0.39 is 0 Å². The molecule has 1 rings (SSSR count). The smallest absolute Gasteiger partial charge is 0.0615 e. The molecule has 1 aromatic carbocycles. The summed E-state index contributed by atoms with van der Waals surface area (Å²) in [6.45, 7) is 10.4. The maximum Gasteiger partial charge on any atom is 0.0615 e. The van der Waals surface area contributed by atoms with Gasteiger partial charge in [-0.15, -0.1) is 0 Å². The predicted octanol–water partition coefficient (Wildman–Crippen LogP) is 3.44. The van der Waals surface area contributed by atoms with Crippen LogP contribution in [0.1, 0.15) is 39.2 Å². The summed E-state index contributed by atoms with van der Waals surface area (Å²) in [5.41, 5.74) is 2.64. The van der Waals surface area contributed by atoms with Crippen molar-refractivity contribution in [1.29, 1.82) is 0 Å². The normalized spacial score (nSPS) is 12.4. The highest BCUT2D eigenvalue weighted by atomic mass is 16.5. The largest absolute Gasteiger partial charge is 0.383 e. The van der Waals surface area contributed by atoms with E-state index in [-0.39, 0.29) is 0 Å². The lowest BCUT2D eigenvalue weighted by atomic mass is 10.1. The first-order chi connectivity index (χ1) is 9.74. The van der Waals surface area contributed by atoms with E-state index in [2.05, 4.69) is 55.3 Å². The molecule has 3 nitrogen and oxygen atoms in total. The second-order valence-corrected chi connectivity index (χ2v) is 5.16. The average molecular weight is 278 g/mol. The van der Waals surface area contributed by atoms with Crippen molar-refractivity contribution in [3.63, 3.8) is 0 Å². The van der Waals surface area contributed by atoms with Crippen molar-refractivity contribution in [3.05, 3.63) is 29.8 Å². The van der Waals surface area contributed by atoms with Gasteiger partial charge in [-0.3, -0.25) is 0 Å². The number of hydrogen-bond donors (Lipinski definition) is 1. The Labute approximate surface area is 124 Å². The first-order valence-electron chi connectivity index (χ1n) is 7.81. The zero-order chi connectivity index (χ0) is 14.8. The van der Waals surface area contributed by atoms with Crippen molar-refractivity contribution < 1.29 is 4.74 Å². The molecule has 0 aliphatic rings. The average Bonchev–Trinajstić information content (AvgIpc) is 2.48. The van der Waals surface area contributed by atoms with Crippen molar-refractivity contribution in [2.75, 3.05) is 31.7 Å². The van der Waals surface area contributed by atoms with Crippen LogP contribution in [-0.2, 0) is 11.3 Å². The molecule has 0 aliphatic carbocycles. The zero-order valence-electron chi connectivity index (χ0n) is 13.5. The molecule has 114 valence electrons. The Kier molecular flexibility index (Phi) is 8.31. The molecule has 0 aliphatic heterocycles. The fourth-order valence-electron chi connectivity index (χ4n) is 2.47. The van der Waals surface area contributed by atoms with E-state index in [9.17, 15) is 0 Å². The van der Waals surface area contributed by atoms with Gasteiger partial charge in [0, 0.05) is 38.5 Å². The molecule has 0 amide bonds. The quantitative estimate of drug-likeness (QED) is 0.709. The molecule has 1 atom stereocenters. The highest BCUT2D eigenvalue weighted by Crippen LogP contribution is 2.15. The van der Waals surface area contributed by atoms with Crippen LogP contribution in [-0.4, -0.2) is 32.8 Å². The van der Waals surface area contributed by atoms with E-state index >= 15 is 0 Å². The molecular weight excluding hydrogens is 248 g/mol. The second kappa shape index (κ2) is 9.78. The molecule has 0 bridgehead atoms. The van der Waals surface area contributed by atoms with Gasteiger partial charge >= 0.3 is 0 Å². The Morgan fingerprint density at radius 1 is 1.10 bits per heavy atom. The molecule has 0 heterocycles. The van der Waals surface area contributed by atoms with Crippen LogP contribution in [0, 0.1) is 0 Å². The van der Waals surface area contributed by atoms with Gasteiger partial charge in [-0.1, -0.05) is 25.5 Å². The minimum absolute atomic E-state index is 0.451. The Morgan fingerprint density at radius 3 is 2.25 bits per heavy atom. The van der Waals surface area contributed by atoms with Gasteiger partial charge < -0.3 is 15.0 Å². The highest BCUT2D eigenvalue weighted by Gasteiger charge is 2.07. The van der Waals surface area contributed by atoms with Gasteiger partial charge in [-0.05, 0) is 38.0 Å². The third kappa shape index (κ3) is 5.51. The molecule has 0 saturated carbocycles. The van der Waals surface area contributed by atoms with Gasteiger partial charge in [0.1, 0.15) is 0 Å². The molecular formula is C17H30N2O. The Morgan fingerprint density at radius 2 is 1.75 bits per heavy atom. The van der Waals surface area contributed by atoms with Gasteiger partial charge in [0.25, 0.3) is 0 Å². The van der Waals surface area contributed by atoms with Crippen LogP contribution in [0.4, 0.5) is 5.69 Å². The maximum absolute atomic E-state index is 5.26. The third-order valence-electron chi connectivity index (χ3n) is 3.66. The summed E-state index contributed by atoms with van der Waals surface area (Å²) in [6, 6.07) is 9.32. The van der Waals surface area contributed by atoms with Gasteiger partial charge in [-0.25, -0.2) is 0 Å². The summed E-state index contributed by atoms with van der Waals surface area (Å²) in [5, 5.41) is 3.58. The number of hydrogen-bond acceptors (Lipinski definition) is 3. The second-order valence-electron chi connectivity index (χ2n) is 5.16. The lowest BCUT2D eigenvalue weighted by molar-refractivity contribution is 0.161. The van der Waals surface area contributed by atoms with Gasteiger partial charge in [0.15, 0.2) is 0 Å². The van der Waals surface area contributed by atoms with E-state index in [0.29, 0.717) is 6.04 Å². The molecule has 0 saturated heterocycles. The van der Waals surface area contributed by atoms with Crippen molar-refractivity contribution in [2.45, 2.75) is 46.2 Å². The van der Waals surface area contributed by atoms with Crippen molar-refractivity contribution in [2.24, 2.45) is 0 Å². The van der Waals surface area contributed by atoms with E-state index in [1.807, 2.05) is 0 Å². The number of nitrogens with zero attached hydrogens (tertiary/aromatic N) is 1. The Hall–Kier alpha value is -1.06. The lowest BCUT2D eigenvalue weighted by Crippen LogP contribution is -2.32. The lowest BCUT2D eigenvalue weighted by Gasteiger charge is -2.21. The number of rotatable bonds is 10. The third-order valence-corrected chi connectivity index (χ3v) is 3.66. The fourth-order valence-corrected chi connectivity index (χ4v) is 2.47. The zero-order valence-corrected chi connectivity index (χ0v) is 13.5. The summed E-state index contributed by atoms with van der Waals surface area (Å²) in [6.07, 6.45) is 2.34. The van der Waals surface area contributed by atoms with Crippen LogP contribution < -0.4 is 10.2 Å². The first kappa shape index (κ1) is 17.0. The van der Waals surface area contributed by atoms with Gasteiger partial charge in [0.2, 0.25) is 0 Å². The number of benzene rings is 1. The number of ether oxygens (including phenoxy) is 1. The SMILES string of the molecule is CCCC(COC)NCc1ccc(N(CC)CC)cc1. The number of nitrogens with one attached hydrogen (secondary N) is 1. The molecule has 1 N–H and O–H groups in total. The Balaban J connectivity index is 2.52. The maximum atomic E-state index is 5.26. The molecule has 0 radical (unpaired) electrons. The summed E-state index contributed by atoms with van der Waals surface area (Å²) in [4.78, 5) is 2.36. The molecule has 0 aromatic heterocycles. The minimum atomic E-state index is 0.451. The number of methoxy groups -OCH3 is 1. The Bertz CT molecular complexity index is 341. The van der Waals surface area contributed by atoms with E-state index in [1.54, 1.807) is 7.11 Å². The standard InChI is InChI=1S/C17H30N2O/c1-5-8-16(14-20-4)18-13-15-9-11-17(12-10-15)19(6-2)7-3/h9-12,16,18H,5-8,13-14H2,1-4H3. The fraction of sp³-hybridized carbons (Fsp3) is 0.647. The van der Waals surface area contributed by atoms with E-state index in [1.165, 1.54) is 17.7 Å². The molecule has 20 heavy (non-hydrogen) atoms. The number of anilines is 1. The van der Waals surface area contributed by atoms with Gasteiger partial charge in [-0.2, -0.15) is 0 Å². The van der Waals surface area contributed by atoms with Crippen LogP contribution in [0.15, 0.2) is 24.3 Å². The van der Waals surface area contributed by atoms with Crippen LogP contribution in [0.5, 0.6) is 0 Å². The van der Waals surface area contributed by atoms with E-state index in [0.717, 1.165) is 32.7 Å². The van der Waals surface area contributed by atoms with Crippen LogP contribution in [0.25, 0.3) is 0 Å². The van der Waals surface area contributed by atoms with E-state index in [4.69, 9.17) is 4.74 Å². The summed E-state index contributed by atoms with van der Waals surface area (Å²) in [7, 11) is 1.77. The summed E-state index contributed by atoms with van der Waals surface area (Å²) in [5.74, 6) is 0. The first-order valence-corrected chi connectivity index (χ1v) is 7.81. The topological polar surface area (TPSA) is 24.5 Å². The minimum Gasteiger partial charge on any atom is -0.383 e. The molecule has 3 heteroatoms. The molecule has 1 aromatic rings. The van der Waals surface area contributed by atoms with Crippen LogP contribution in [0.2, 0.25) is 0 Å². The van der Waals surface area contributed by atoms with Crippen LogP contribution in [0.3, 0.4) is 0 Å². The van der Waals surface area contributed by atoms with Gasteiger partial charge in [0.05, 0.1) is 6.61 Å². The monoisotopic (exact) mass is 278 g/mol. The summed E-state index contributed by atoms with van der Waals surface area (Å²) < 4.78 is 5.26. The predicted molar refractivity (Wildman–Crippen MR) is 87.4 cm³/mol. The highest BCUT2D eigenvalue weighted by molar-refractivity contribution is 5.47. The van der Waals surface area contributed by atoms with Crippen molar-refractivity contribution in [3.8, 4) is 0 Å². The summed E-state index contributed by atoms with van der Waals surface area (Å²) >= 11 is 0. The molecule has 0 spiro atoms. The van der Waals surface area contributed by atoms with Crippen molar-refractivity contribution in [1.82, 2.24) is 5.32 Å². The molecule has 0 fully saturated rings.